The smallest absolute Gasteiger partial charge is 0.136 e. The number of aromatic nitrogens is 3. The van der Waals surface area contributed by atoms with Crippen LogP contribution in [0.15, 0.2) is 161 Å². The summed E-state index contributed by atoms with van der Waals surface area (Å²) in [6.45, 7) is 18.0. The number of rotatable bonds is 6. The van der Waals surface area contributed by atoms with Crippen LogP contribution in [0.2, 0.25) is 0 Å². The van der Waals surface area contributed by atoms with E-state index in [1.165, 1.54) is 39.1 Å². The standard InChI is InChI=1S/C44H35N2O2.C15H16N.Ir/c1-25(2)33-21-29(28-14-7-6-8-15-28)22-34(26(3)4)42(33)46-41-27(5)13-11-19-37(41)45-44(46)32-18-12-17-31-36-24-39-35(23-40(36)48-43(31)32)30-16-9-10-20-38(30)47-39;1-15(2,3)13-9-10-16-14(11-13)12-7-5-4-6-8-12;/h6-17,19-26H,1-5H3;4-7,9-11H,1-3H3;/q2*-1;. The molecule has 11 aromatic rings. The zero-order chi connectivity index (χ0) is 44.3. The molecule has 65 heavy (non-hydrogen) atoms. The zero-order valence-corrected chi connectivity index (χ0v) is 40.5. The molecule has 0 N–H and O–H groups in total. The van der Waals surface area contributed by atoms with Gasteiger partial charge in [-0.15, -0.1) is 54.1 Å². The summed E-state index contributed by atoms with van der Waals surface area (Å²) < 4.78 is 15.4. The third kappa shape index (κ3) is 8.00. The van der Waals surface area contributed by atoms with Crippen LogP contribution in [0.4, 0.5) is 0 Å². The van der Waals surface area contributed by atoms with Crippen molar-refractivity contribution in [2.75, 3.05) is 0 Å². The van der Waals surface area contributed by atoms with E-state index in [1.807, 2.05) is 54.7 Å². The van der Waals surface area contributed by atoms with Crippen molar-refractivity contribution in [3.63, 3.8) is 0 Å². The molecule has 6 heteroatoms. The second-order valence-corrected chi connectivity index (χ2v) is 18.5. The molecule has 0 aliphatic heterocycles. The number of fused-ring (bicyclic) bond motifs is 7. The summed E-state index contributed by atoms with van der Waals surface area (Å²) in [7, 11) is 0. The molecule has 0 aliphatic carbocycles. The van der Waals surface area contributed by atoms with Crippen molar-refractivity contribution in [2.45, 2.75) is 72.6 Å². The zero-order valence-electron chi connectivity index (χ0n) is 38.1. The molecular formula is C59H51IrN3O2-2. The molecule has 0 atom stereocenters. The number of furan rings is 2. The van der Waals surface area contributed by atoms with E-state index in [0.29, 0.717) is 0 Å². The van der Waals surface area contributed by atoms with E-state index in [-0.39, 0.29) is 37.4 Å². The number of hydrogen-bond acceptors (Lipinski definition) is 4. The summed E-state index contributed by atoms with van der Waals surface area (Å²) in [6.07, 6.45) is 1.87. The maximum atomic E-state index is 6.79. The van der Waals surface area contributed by atoms with E-state index in [4.69, 9.17) is 13.8 Å². The first-order chi connectivity index (χ1) is 30.9. The van der Waals surface area contributed by atoms with Gasteiger partial charge in [0.05, 0.1) is 22.4 Å². The molecule has 0 aliphatic rings. The average Bonchev–Trinajstić information content (AvgIpc) is 4.00. The van der Waals surface area contributed by atoms with Crippen LogP contribution in [0.5, 0.6) is 0 Å². The van der Waals surface area contributed by atoms with Crippen molar-refractivity contribution in [2.24, 2.45) is 0 Å². The van der Waals surface area contributed by atoms with E-state index >= 15 is 0 Å². The molecule has 0 spiro atoms. The fourth-order valence-corrected chi connectivity index (χ4v) is 9.02. The monoisotopic (exact) mass is 1030 g/mol. The van der Waals surface area contributed by atoms with Crippen molar-refractivity contribution < 1.29 is 28.9 Å². The Morgan fingerprint density at radius 3 is 2.00 bits per heavy atom. The van der Waals surface area contributed by atoms with Gasteiger partial charge in [-0.3, -0.25) is 4.98 Å². The van der Waals surface area contributed by atoms with Crippen LogP contribution in [0.1, 0.15) is 82.6 Å². The van der Waals surface area contributed by atoms with Gasteiger partial charge in [-0.25, -0.2) is 0 Å². The Labute approximate surface area is 394 Å². The predicted octanol–water partition coefficient (Wildman–Crippen LogP) is 16.4. The van der Waals surface area contributed by atoms with Gasteiger partial charge in [0.25, 0.3) is 0 Å². The Bertz CT molecular complexity index is 3470. The molecule has 0 amide bonds. The van der Waals surface area contributed by atoms with Gasteiger partial charge in [-0.2, -0.15) is 0 Å². The molecule has 0 saturated carbocycles. The number of nitrogens with zero attached hydrogens (tertiary/aromatic N) is 3. The molecule has 0 unspecified atom stereocenters. The second-order valence-electron chi connectivity index (χ2n) is 18.5. The summed E-state index contributed by atoms with van der Waals surface area (Å²) in [5.41, 5.74) is 17.1. The molecule has 5 nitrogen and oxygen atoms in total. The number of aryl methyl sites for hydroxylation is 1. The number of benzene rings is 7. The van der Waals surface area contributed by atoms with Crippen LogP contribution in [0.25, 0.3) is 94.4 Å². The molecule has 1 radical (unpaired) electrons. The molecule has 4 heterocycles. The number of imidazole rings is 1. The first-order valence-corrected chi connectivity index (χ1v) is 22.3. The fraction of sp³-hybridized carbons (Fsp3) is 0.186. The largest absolute Gasteiger partial charge is 0.501 e. The molecule has 0 fully saturated rings. The quantitative estimate of drug-likeness (QED) is 0.156. The Kier molecular flexibility index (Phi) is 11.7. The predicted molar refractivity (Wildman–Crippen MR) is 265 cm³/mol. The molecular weight excluding hydrogens is 975 g/mol. The van der Waals surface area contributed by atoms with Gasteiger partial charge in [0.1, 0.15) is 16.7 Å². The molecule has 11 rings (SSSR count). The minimum atomic E-state index is 0. The summed E-state index contributed by atoms with van der Waals surface area (Å²) in [4.78, 5) is 9.75. The van der Waals surface area contributed by atoms with E-state index in [2.05, 4.69) is 174 Å². The normalized spacial score (nSPS) is 11.8. The van der Waals surface area contributed by atoms with E-state index in [9.17, 15) is 0 Å². The van der Waals surface area contributed by atoms with Gasteiger partial charge >= 0.3 is 0 Å². The molecule has 7 aromatic carbocycles. The molecule has 0 saturated heterocycles. The first kappa shape index (κ1) is 43.7. The first-order valence-electron chi connectivity index (χ1n) is 22.3. The Morgan fingerprint density at radius 1 is 0.600 bits per heavy atom. The maximum absolute atomic E-state index is 6.79. The number of pyridine rings is 1. The topological polar surface area (TPSA) is 57.0 Å². The van der Waals surface area contributed by atoms with Gasteiger partial charge < -0.3 is 18.4 Å². The van der Waals surface area contributed by atoms with Gasteiger partial charge in [0.15, 0.2) is 0 Å². The summed E-state index contributed by atoms with van der Waals surface area (Å²) in [5.74, 6) is 1.37. The van der Waals surface area contributed by atoms with Crippen LogP contribution in [0, 0.1) is 19.1 Å². The van der Waals surface area contributed by atoms with Gasteiger partial charge in [-0.05, 0) is 106 Å². The number of para-hydroxylation sites is 2. The van der Waals surface area contributed by atoms with Gasteiger partial charge in [-0.1, -0.05) is 126 Å². The summed E-state index contributed by atoms with van der Waals surface area (Å²) in [5, 5.41) is 4.17. The summed E-state index contributed by atoms with van der Waals surface area (Å²) >= 11 is 0. The average molecular weight is 1030 g/mol. The van der Waals surface area contributed by atoms with Crippen LogP contribution < -0.4 is 0 Å². The van der Waals surface area contributed by atoms with Crippen molar-refractivity contribution in [1.29, 1.82) is 0 Å². The van der Waals surface area contributed by atoms with Crippen LogP contribution in [0.3, 0.4) is 0 Å². The SMILES string of the molecule is CC(C)(C)c1ccnc(-c2[c-]cccc2)c1.Cc1cccc2nc(-c3[c-]ccc4c3oc3cc5c(cc34)oc3ccccc35)n(-c3c(C(C)C)cc(-c4ccccc4)cc3C(C)C)c12.[Ir]. The third-order valence-corrected chi connectivity index (χ3v) is 12.4. The maximum Gasteiger partial charge on any atom is 0.136 e. The fourth-order valence-electron chi connectivity index (χ4n) is 9.02. The van der Waals surface area contributed by atoms with Crippen molar-refractivity contribution in [1.82, 2.24) is 14.5 Å². The Balaban J connectivity index is 0.000000266. The van der Waals surface area contributed by atoms with Crippen molar-refractivity contribution in [3.05, 3.63) is 186 Å². The Hall–Kier alpha value is -6.59. The van der Waals surface area contributed by atoms with Crippen molar-refractivity contribution >= 4 is 54.9 Å². The molecule has 4 aromatic heterocycles. The minimum absolute atomic E-state index is 0. The Morgan fingerprint density at radius 2 is 1.29 bits per heavy atom. The molecule has 0 bridgehead atoms. The van der Waals surface area contributed by atoms with E-state index < -0.39 is 0 Å². The van der Waals surface area contributed by atoms with Crippen LogP contribution in [-0.4, -0.2) is 14.5 Å². The minimum Gasteiger partial charge on any atom is -0.501 e. The van der Waals surface area contributed by atoms with Gasteiger partial charge in [0.2, 0.25) is 0 Å². The van der Waals surface area contributed by atoms with E-state index in [1.54, 1.807) is 0 Å². The third-order valence-electron chi connectivity index (χ3n) is 12.4. The van der Waals surface area contributed by atoms with Gasteiger partial charge in [0, 0.05) is 48.1 Å². The second kappa shape index (κ2) is 17.4. The molecule has 325 valence electrons. The number of hydrogen-bond donors (Lipinski definition) is 0. The van der Waals surface area contributed by atoms with Crippen molar-refractivity contribution in [3.8, 4) is 39.5 Å². The van der Waals surface area contributed by atoms with E-state index in [0.717, 1.165) is 77.6 Å². The summed E-state index contributed by atoms with van der Waals surface area (Å²) in [6, 6.07) is 57.2. The van der Waals surface area contributed by atoms with Crippen LogP contribution >= 0.6 is 0 Å². The van der Waals surface area contributed by atoms with Crippen LogP contribution in [-0.2, 0) is 25.5 Å².